The highest BCUT2D eigenvalue weighted by Crippen LogP contribution is 2.41. The molecule has 2 fully saturated rings. The quantitative estimate of drug-likeness (QED) is 0.613. The van der Waals surface area contributed by atoms with E-state index in [0.717, 1.165) is 12.0 Å². The van der Waals surface area contributed by atoms with Gasteiger partial charge in [0.15, 0.2) is 0 Å². The number of aromatic nitrogens is 1. The lowest BCUT2D eigenvalue weighted by molar-refractivity contribution is -0.157. The molecule has 2 aliphatic rings. The summed E-state index contributed by atoms with van der Waals surface area (Å²) in [5.74, 6) is 0.600. The molecule has 1 aromatic carbocycles. The lowest BCUT2D eigenvalue weighted by atomic mass is 9.69. The van der Waals surface area contributed by atoms with Crippen molar-refractivity contribution in [3.8, 4) is 11.1 Å². The van der Waals surface area contributed by atoms with Crippen molar-refractivity contribution in [2.45, 2.75) is 65.0 Å². The predicted molar refractivity (Wildman–Crippen MR) is 145 cm³/mol. The summed E-state index contributed by atoms with van der Waals surface area (Å²) < 4.78 is 1.46. The molecule has 0 bridgehead atoms. The Labute approximate surface area is 220 Å². The Balaban J connectivity index is 1.58. The number of pyridine rings is 1. The molecule has 7 heteroatoms. The largest absolute Gasteiger partial charge is 0.387 e. The third-order valence-corrected chi connectivity index (χ3v) is 8.57. The van der Waals surface area contributed by atoms with Crippen LogP contribution in [0.5, 0.6) is 0 Å². The number of aliphatic hydroxyl groups is 1. The van der Waals surface area contributed by atoms with Gasteiger partial charge in [0, 0.05) is 56.3 Å². The minimum atomic E-state index is -1.21. The van der Waals surface area contributed by atoms with Crippen molar-refractivity contribution < 1.29 is 14.7 Å². The Morgan fingerprint density at radius 1 is 1.16 bits per heavy atom. The van der Waals surface area contributed by atoms with Gasteiger partial charge in [-0.1, -0.05) is 70.4 Å². The van der Waals surface area contributed by atoms with Crippen LogP contribution in [-0.4, -0.2) is 64.1 Å². The maximum absolute atomic E-state index is 13.2. The molecule has 1 aromatic heterocycles. The average Bonchev–Trinajstić information content (AvgIpc) is 2.83. The van der Waals surface area contributed by atoms with E-state index in [2.05, 4.69) is 0 Å². The maximum Gasteiger partial charge on any atom is 0.255 e. The van der Waals surface area contributed by atoms with Crippen molar-refractivity contribution in [2.24, 2.45) is 17.3 Å². The summed E-state index contributed by atoms with van der Waals surface area (Å²) in [6.07, 6.45) is 6.59. The molecule has 2 heterocycles. The Kier molecular flexibility index (Phi) is 7.65. The highest BCUT2D eigenvalue weighted by molar-refractivity contribution is 6.00. The van der Waals surface area contributed by atoms with E-state index >= 15 is 0 Å². The second-order valence-corrected chi connectivity index (χ2v) is 12.0. The van der Waals surface area contributed by atoms with Gasteiger partial charge in [-0.15, -0.1) is 0 Å². The summed E-state index contributed by atoms with van der Waals surface area (Å²) in [6.45, 7) is 6.87. The number of benzene rings is 1. The van der Waals surface area contributed by atoms with Crippen LogP contribution in [0.1, 0.15) is 63.2 Å². The van der Waals surface area contributed by atoms with E-state index in [0.29, 0.717) is 36.6 Å². The van der Waals surface area contributed by atoms with Gasteiger partial charge < -0.3 is 19.5 Å². The van der Waals surface area contributed by atoms with E-state index in [1.807, 2.05) is 56.0 Å². The molecule has 1 N–H and O–H groups in total. The molecule has 2 aromatic rings. The van der Waals surface area contributed by atoms with Gasteiger partial charge in [-0.2, -0.15) is 0 Å². The fraction of sp³-hybridized carbons (Fsp3) is 0.567. The first-order valence-electron chi connectivity index (χ1n) is 13.4. The van der Waals surface area contributed by atoms with Crippen LogP contribution in [0.25, 0.3) is 11.1 Å². The molecule has 0 radical (unpaired) electrons. The molecule has 200 valence electrons. The molecular weight excluding hydrogens is 466 g/mol. The minimum Gasteiger partial charge on any atom is -0.387 e. The lowest BCUT2D eigenvalue weighted by Crippen LogP contribution is -2.61. The number of nitrogens with zero attached hydrogens (tertiary/aromatic N) is 3. The van der Waals surface area contributed by atoms with Crippen molar-refractivity contribution >= 4 is 11.8 Å². The number of likely N-dealkylation sites (tertiary alicyclic amines) is 1. The molecule has 0 spiro atoms. The summed E-state index contributed by atoms with van der Waals surface area (Å²) in [6, 6.07) is 10.9. The summed E-state index contributed by atoms with van der Waals surface area (Å²) in [7, 11) is 3.36. The lowest BCUT2D eigenvalue weighted by Gasteiger charge is -2.51. The molecule has 4 rings (SSSR count). The zero-order valence-electron chi connectivity index (χ0n) is 22.9. The van der Waals surface area contributed by atoms with E-state index in [-0.39, 0.29) is 29.8 Å². The summed E-state index contributed by atoms with van der Waals surface area (Å²) in [5, 5.41) is 11.8. The zero-order chi connectivity index (χ0) is 27.0. The van der Waals surface area contributed by atoms with Crippen LogP contribution < -0.4 is 5.56 Å². The SMILES string of the molecule is C[C@H](CC1CCC1)C(=O)N1CCC(O)(Cn2cc(C(=O)N(C)C)c(-c3ccccc3)cc2=O)C(C)(C)C1. The first-order valence-corrected chi connectivity index (χ1v) is 13.4. The number of rotatable bonds is 7. The van der Waals surface area contributed by atoms with Gasteiger partial charge >= 0.3 is 0 Å². The van der Waals surface area contributed by atoms with Crippen LogP contribution in [0.2, 0.25) is 0 Å². The normalized spacial score (nSPS) is 22.3. The Bertz CT molecular complexity index is 1200. The summed E-state index contributed by atoms with van der Waals surface area (Å²) in [5.41, 5.74) is -0.343. The first-order chi connectivity index (χ1) is 17.4. The van der Waals surface area contributed by atoms with Crippen molar-refractivity contribution in [2.75, 3.05) is 27.2 Å². The van der Waals surface area contributed by atoms with Gasteiger partial charge in [0.25, 0.3) is 11.5 Å². The Hall–Kier alpha value is -2.93. The van der Waals surface area contributed by atoms with Crippen LogP contribution in [0.4, 0.5) is 0 Å². The second-order valence-electron chi connectivity index (χ2n) is 12.0. The van der Waals surface area contributed by atoms with Crippen LogP contribution in [-0.2, 0) is 11.3 Å². The fourth-order valence-corrected chi connectivity index (χ4v) is 5.73. The Morgan fingerprint density at radius 3 is 2.41 bits per heavy atom. The number of carbonyl (C=O) groups is 2. The molecule has 1 unspecified atom stereocenters. The number of carbonyl (C=O) groups excluding carboxylic acids is 2. The smallest absolute Gasteiger partial charge is 0.255 e. The zero-order valence-corrected chi connectivity index (χ0v) is 22.9. The predicted octanol–water partition coefficient (Wildman–Crippen LogP) is 4.03. The molecule has 2 atom stereocenters. The van der Waals surface area contributed by atoms with Crippen LogP contribution in [0, 0.1) is 17.3 Å². The summed E-state index contributed by atoms with van der Waals surface area (Å²) in [4.78, 5) is 42.9. The van der Waals surface area contributed by atoms with Gasteiger partial charge in [0.2, 0.25) is 5.91 Å². The van der Waals surface area contributed by atoms with Crippen molar-refractivity contribution in [1.82, 2.24) is 14.4 Å². The van der Waals surface area contributed by atoms with Crippen LogP contribution >= 0.6 is 0 Å². The second kappa shape index (κ2) is 10.4. The van der Waals surface area contributed by atoms with E-state index in [9.17, 15) is 19.5 Å². The van der Waals surface area contributed by atoms with Crippen molar-refractivity contribution in [3.05, 3.63) is 58.5 Å². The number of hydrogen-bond acceptors (Lipinski definition) is 4. The van der Waals surface area contributed by atoms with Crippen molar-refractivity contribution in [1.29, 1.82) is 0 Å². The molecule has 1 saturated carbocycles. The number of piperidine rings is 1. The monoisotopic (exact) mass is 507 g/mol. The van der Waals surface area contributed by atoms with E-state index < -0.39 is 11.0 Å². The van der Waals surface area contributed by atoms with Gasteiger partial charge in [0.1, 0.15) is 0 Å². The van der Waals surface area contributed by atoms with Crippen molar-refractivity contribution in [3.63, 3.8) is 0 Å². The highest BCUT2D eigenvalue weighted by Gasteiger charge is 2.49. The van der Waals surface area contributed by atoms with Gasteiger partial charge in [-0.3, -0.25) is 14.4 Å². The molecule has 37 heavy (non-hydrogen) atoms. The van der Waals surface area contributed by atoms with Crippen LogP contribution in [0.15, 0.2) is 47.4 Å². The van der Waals surface area contributed by atoms with Gasteiger partial charge in [0.05, 0.1) is 17.7 Å². The van der Waals surface area contributed by atoms with E-state index in [1.54, 1.807) is 20.3 Å². The van der Waals surface area contributed by atoms with Gasteiger partial charge in [-0.05, 0) is 24.3 Å². The number of amides is 2. The molecule has 1 saturated heterocycles. The first kappa shape index (κ1) is 27.1. The topological polar surface area (TPSA) is 82.8 Å². The molecule has 7 nitrogen and oxygen atoms in total. The minimum absolute atomic E-state index is 0.0138. The molecule has 2 amide bonds. The fourth-order valence-electron chi connectivity index (χ4n) is 5.73. The molecule has 1 aliphatic carbocycles. The Morgan fingerprint density at radius 2 is 1.84 bits per heavy atom. The van der Waals surface area contributed by atoms with Crippen LogP contribution in [0.3, 0.4) is 0 Å². The highest BCUT2D eigenvalue weighted by atomic mass is 16.3. The summed E-state index contributed by atoms with van der Waals surface area (Å²) >= 11 is 0. The molecule has 1 aliphatic heterocycles. The molecular formula is C30H41N3O4. The van der Waals surface area contributed by atoms with E-state index in [1.165, 1.54) is 34.8 Å². The van der Waals surface area contributed by atoms with Gasteiger partial charge in [-0.25, -0.2) is 0 Å². The third-order valence-electron chi connectivity index (χ3n) is 8.57. The average molecular weight is 508 g/mol. The standard InChI is InChI=1S/C30H41N3O4/c1-21(16-22-10-9-11-22)27(35)32-15-14-30(37,29(2,3)19-32)20-33-18-25(28(36)31(4)5)24(17-26(33)34)23-12-7-6-8-13-23/h6-8,12-13,17-18,21-22,37H,9-11,14-16,19-20H2,1-5H3/t21-,30?/m1/s1. The van der Waals surface area contributed by atoms with E-state index in [4.69, 9.17) is 0 Å². The number of hydrogen-bond donors (Lipinski definition) is 1. The maximum atomic E-state index is 13.2. The third kappa shape index (κ3) is 5.52.